The third-order valence-corrected chi connectivity index (χ3v) is 5.40. The summed E-state index contributed by atoms with van der Waals surface area (Å²) < 4.78 is 13.4. The van der Waals surface area contributed by atoms with Crippen LogP contribution in [-0.2, 0) is 0 Å². The second-order valence-corrected chi connectivity index (χ2v) is 7.29. The number of pyridine rings is 1. The number of nitrogens with zero attached hydrogens (tertiary/aromatic N) is 3. The summed E-state index contributed by atoms with van der Waals surface area (Å²) in [5.74, 6) is 0.539. The Kier molecular flexibility index (Phi) is 4.56. The highest BCUT2D eigenvalue weighted by Gasteiger charge is 2.16. The number of hydrogen-bond acceptors (Lipinski definition) is 3. The average Bonchev–Trinajstić information content (AvgIpc) is 3.46. The minimum absolute atomic E-state index is 0.257. The van der Waals surface area contributed by atoms with Gasteiger partial charge in [0.05, 0.1) is 11.4 Å². The normalized spacial score (nSPS) is 13.8. The average molecular weight is 384 g/mol. The number of nitrogens with one attached hydrogen (secondary N) is 1. The molecule has 0 aliphatic carbocycles. The van der Waals surface area contributed by atoms with Crippen molar-refractivity contribution >= 4 is 5.69 Å². The van der Waals surface area contributed by atoms with E-state index in [-0.39, 0.29) is 5.82 Å². The second kappa shape index (κ2) is 7.51. The summed E-state index contributed by atoms with van der Waals surface area (Å²) in [6.07, 6.45) is 6.04. The van der Waals surface area contributed by atoms with Gasteiger partial charge in [0.25, 0.3) is 0 Å². The van der Waals surface area contributed by atoms with E-state index < -0.39 is 0 Å². The lowest BCUT2D eigenvalue weighted by Crippen LogP contribution is -2.17. The van der Waals surface area contributed by atoms with Crippen molar-refractivity contribution in [3.63, 3.8) is 0 Å². The molecule has 0 atom stereocenters. The van der Waals surface area contributed by atoms with Crippen molar-refractivity contribution in [2.24, 2.45) is 0 Å². The van der Waals surface area contributed by atoms with Gasteiger partial charge >= 0.3 is 0 Å². The molecule has 4 aromatic rings. The molecule has 2 aromatic carbocycles. The maximum atomic E-state index is 13.4. The van der Waals surface area contributed by atoms with Gasteiger partial charge in [0.15, 0.2) is 0 Å². The molecule has 0 amide bonds. The number of hydrogen-bond donors (Lipinski definition) is 1. The Hall–Kier alpha value is -3.47. The first-order chi connectivity index (χ1) is 14.3. The van der Waals surface area contributed by atoms with Crippen molar-refractivity contribution in [3.8, 4) is 33.9 Å². The summed E-state index contributed by atoms with van der Waals surface area (Å²) in [6.45, 7) is 2.25. The van der Waals surface area contributed by atoms with Crippen LogP contribution >= 0.6 is 0 Å². The van der Waals surface area contributed by atoms with Crippen molar-refractivity contribution in [1.29, 1.82) is 0 Å². The summed E-state index contributed by atoms with van der Waals surface area (Å²) in [4.78, 5) is 14.9. The van der Waals surface area contributed by atoms with Gasteiger partial charge in [0.2, 0.25) is 0 Å². The van der Waals surface area contributed by atoms with E-state index in [0.29, 0.717) is 0 Å². The van der Waals surface area contributed by atoms with Crippen molar-refractivity contribution < 1.29 is 4.39 Å². The SMILES string of the molecule is Fc1ccc(-c2nc(-c3ccc(N4CCCC4)cc3)[nH]c2-c2ccncc2)cc1. The smallest absolute Gasteiger partial charge is 0.138 e. The molecule has 0 saturated carbocycles. The predicted octanol–water partition coefficient (Wildman–Crippen LogP) is 5.55. The van der Waals surface area contributed by atoms with Gasteiger partial charge in [0.1, 0.15) is 11.6 Å². The fourth-order valence-corrected chi connectivity index (χ4v) is 3.86. The third kappa shape index (κ3) is 3.51. The summed E-state index contributed by atoms with van der Waals surface area (Å²) >= 11 is 0. The standard InChI is InChI=1S/C24H21FN4/c25-20-7-3-17(4-8-20)22-23(18-11-13-26-14-12-18)28-24(27-22)19-5-9-21(10-6-19)29-15-1-2-16-29/h3-14H,1-2,15-16H2,(H,27,28). The number of anilines is 1. The number of halogens is 1. The van der Waals surface area contributed by atoms with E-state index in [1.54, 1.807) is 24.5 Å². The Morgan fingerprint density at radius 1 is 0.759 bits per heavy atom. The third-order valence-electron chi connectivity index (χ3n) is 5.40. The molecule has 4 nitrogen and oxygen atoms in total. The molecule has 3 heterocycles. The zero-order valence-electron chi connectivity index (χ0n) is 16.0. The number of aromatic amines is 1. The van der Waals surface area contributed by atoms with Crippen LogP contribution in [0.25, 0.3) is 33.9 Å². The number of benzene rings is 2. The Labute approximate surface area is 169 Å². The van der Waals surface area contributed by atoms with Crippen molar-refractivity contribution in [3.05, 3.63) is 78.9 Å². The molecule has 1 fully saturated rings. The first-order valence-electron chi connectivity index (χ1n) is 9.90. The monoisotopic (exact) mass is 384 g/mol. The highest BCUT2D eigenvalue weighted by atomic mass is 19.1. The maximum absolute atomic E-state index is 13.4. The number of imidazole rings is 1. The molecule has 1 N–H and O–H groups in total. The summed E-state index contributed by atoms with van der Waals surface area (Å²) in [6, 6.07) is 18.9. The first kappa shape index (κ1) is 17.6. The molecule has 1 saturated heterocycles. The number of H-pyrrole nitrogens is 1. The Balaban J connectivity index is 1.56. The van der Waals surface area contributed by atoms with Crippen LogP contribution < -0.4 is 4.90 Å². The molecular formula is C24H21FN4. The molecule has 0 radical (unpaired) electrons. The summed E-state index contributed by atoms with van der Waals surface area (Å²) in [5, 5.41) is 0. The maximum Gasteiger partial charge on any atom is 0.138 e. The molecule has 5 heteroatoms. The second-order valence-electron chi connectivity index (χ2n) is 7.29. The molecule has 2 aromatic heterocycles. The van der Waals surface area contributed by atoms with Gasteiger partial charge < -0.3 is 9.88 Å². The van der Waals surface area contributed by atoms with Crippen LogP contribution in [0.15, 0.2) is 73.1 Å². The fraction of sp³-hybridized carbons (Fsp3) is 0.167. The Morgan fingerprint density at radius 3 is 2.10 bits per heavy atom. The van der Waals surface area contributed by atoms with Crippen LogP contribution in [0, 0.1) is 5.82 Å². The largest absolute Gasteiger partial charge is 0.372 e. The molecule has 29 heavy (non-hydrogen) atoms. The van der Waals surface area contributed by atoms with Crippen LogP contribution in [0.1, 0.15) is 12.8 Å². The van der Waals surface area contributed by atoms with Crippen LogP contribution in [-0.4, -0.2) is 28.0 Å². The quantitative estimate of drug-likeness (QED) is 0.502. The van der Waals surface area contributed by atoms with Gasteiger partial charge in [-0.2, -0.15) is 0 Å². The summed E-state index contributed by atoms with van der Waals surface area (Å²) in [5.41, 5.74) is 5.84. The van der Waals surface area contributed by atoms with E-state index >= 15 is 0 Å². The fourth-order valence-electron chi connectivity index (χ4n) is 3.86. The van der Waals surface area contributed by atoms with E-state index in [9.17, 15) is 4.39 Å². The van der Waals surface area contributed by atoms with Crippen LogP contribution in [0.2, 0.25) is 0 Å². The zero-order chi connectivity index (χ0) is 19.6. The molecule has 0 bridgehead atoms. The molecule has 1 aliphatic rings. The molecule has 0 unspecified atom stereocenters. The van der Waals surface area contributed by atoms with Crippen LogP contribution in [0.5, 0.6) is 0 Å². The highest BCUT2D eigenvalue weighted by Crippen LogP contribution is 2.33. The first-order valence-corrected chi connectivity index (χ1v) is 9.90. The minimum Gasteiger partial charge on any atom is -0.372 e. The Bertz CT molecular complexity index is 1100. The van der Waals surface area contributed by atoms with E-state index in [4.69, 9.17) is 4.98 Å². The van der Waals surface area contributed by atoms with E-state index in [2.05, 4.69) is 39.1 Å². The van der Waals surface area contributed by atoms with Gasteiger partial charge in [-0.1, -0.05) is 0 Å². The topological polar surface area (TPSA) is 44.8 Å². The van der Waals surface area contributed by atoms with Crippen molar-refractivity contribution in [2.75, 3.05) is 18.0 Å². The van der Waals surface area contributed by atoms with Gasteiger partial charge in [-0.3, -0.25) is 4.98 Å². The lowest BCUT2D eigenvalue weighted by Gasteiger charge is -2.17. The molecule has 144 valence electrons. The zero-order valence-corrected chi connectivity index (χ0v) is 16.0. The van der Waals surface area contributed by atoms with E-state index in [0.717, 1.165) is 47.0 Å². The Morgan fingerprint density at radius 2 is 1.41 bits per heavy atom. The number of rotatable bonds is 4. The molecule has 5 rings (SSSR count). The van der Waals surface area contributed by atoms with E-state index in [1.807, 2.05) is 12.1 Å². The molecule has 0 spiro atoms. The van der Waals surface area contributed by atoms with Gasteiger partial charge in [0, 0.05) is 47.9 Å². The van der Waals surface area contributed by atoms with Gasteiger partial charge in [-0.05, 0) is 73.5 Å². The lowest BCUT2D eigenvalue weighted by atomic mass is 10.1. The number of aromatic nitrogens is 3. The van der Waals surface area contributed by atoms with Gasteiger partial charge in [-0.25, -0.2) is 9.37 Å². The van der Waals surface area contributed by atoms with Crippen LogP contribution in [0.3, 0.4) is 0 Å². The highest BCUT2D eigenvalue weighted by molar-refractivity contribution is 5.81. The van der Waals surface area contributed by atoms with E-state index in [1.165, 1.54) is 30.7 Å². The minimum atomic E-state index is -0.257. The predicted molar refractivity (Wildman–Crippen MR) is 114 cm³/mol. The van der Waals surface area contributed by atoms with Crippen LogP contribution in [0.4, 0.5) is 10.1 Å². The lowest BCUT2D eigenvalue weighted by molar-refractivity contribution is 0.628. The molecular weight excluding hydrogens is 363 g/mol. The van der Waals surface area contributed by atoms with Gasteiger partial charge in [-0.15, -0.1) is 0 Å². The van der Waals surface area contributed by atoms with Crippen molar-refractivity contribution in [1.82, 2.24) is 15.0 Å². The van der Waals surface area contributed by atoms with Crippen molar-refractivity contribution in [2.45, 2.75) is 12.8 Å². The summed E-state index contributed by atoms with van der Waals surface area (Å²) in [7, 11) is 0. The molecule has 1 aliphatic heterocycles.